The Morgan fingerprint density at radius 1 is 1.42 bits per heavy atom. The highest BCUT2D eigenvalue weighted by Gasteiger charge is 2.54. The standard InChI is InChI=1S/C21H22N8O5S4/c1-9(25-8-22)5-35-12-4-24-3-2-11(12)38-13-7-36-19-15(18(31)29(19)16(13)20(32)33)27-17(30)14(28-34)10-6-37-21(23)26-10/h2-4,6,8-9,14-15,19H,5,7H2,1H3,(H2,22,25)(H2,23,26)(H,27,30)(H,32,33)/t9?,14?,15-,19+/m1/s1. The van der Waals surface area contributed by atoms with Crippen LogP contribution < -0.4 is 16.8 Å². The smallest absolute Gasteiger partial charge is 0.353 e. The van der Waals surface area contributed by atoms with Gasteiger partial charge in [-0.15, -0.1) is 39.8 Å². The normalized spacial score (nSPS) is 20.6. The number of hydrogen-bond acceptors (Lipinski definition) is 13. The number of aromatic nitrogens is 2. The van der Waals surface area contributed by atoms with Gasteiger partial charge in [0.15, 0.2) is 5.13 Å². The first kappa shape index (κ1) is 27.9. The fourth-order valence-electron chi connectivity index (χ4n) is 3.66. The van der Waals surface area contributed by atoms with Gasteiger partial charge in [0.25, 0.3) is 11.8 Å². The molecule has 4 heterocycles. The predicted octanol–water partition coefficient (Wildman–Crippen LogP) is 1.88. The highest BCUT2D eigenvalue weighted by Crippen LogP contribution is 2.46. The Balaban J connectivity index is 1.50. The summed E-state index contributed by atoms with van der Waals surface area (Å²) in [5.74, 6) is -1.71. The number of pyridine rings is 1. The van der Waals surface area contributed by atoms with Gasteiger partial charge in [0.2, 0.25) is 6.04 Å². The lowest BCUT2D eigenvalue weighted by molar-refractivity contribution is -0.150. The molecule has 0 spiro atoms. The van der Waals surface area contributed by atoms with Crippen molar-refractivity contribution in [2.75, 3.05) is 17.2 Å². The Hall–Kier alpha value is -3.15. The average Bonchev–Trinajstić information content (AvgIpc) is 3.32. The summed E-state index contributed by atoms with van der Waals surface area (Å²) in [5, 5.41) is 16.3. The Bertz CT molecular complexity index is 1320. The summed E-state index contributed by atoms with van der Waals surface area (Å²) in [6.45, 7) is 1.92. The third kappa shape index (κ3) is 5.79. The molecule has 1 saturated heterocycles. The monoisotopic (exact) mass is 594 g/mol. The molecule has 2 amide bonds. The lowest BCUT2D eigenvalue weighted by Gasteiger charge is -2.49. The summed E-state index contributed by atoms with van der Waals surface area (Å²) in [6, 6.07) is -0.715. The summed E-state index contributed by atoms with van der Waals surface area (Å²) in [5.41, 5.74) is 10.9. The van der Waals surface area contributed by atoms with Crippen LogP contribution in [0.3, 0.4) is 0 Å². The Labute approximate surface area is 233 Å². The number of hydrogen-bond donors (Lipinski definition) is 4. The highest BCUT2D eigenvalue weighted by atomic mass is 32.2. The first-order valence-electron chi connectivity index (χ1n) is 11.0. The van der Waals surface area contributed by atoms with Gasteiger partial charge in [-0.3, -0.25) is 24.5 Å². The largest absolute Gasteiger partial charge is 0.477 e. The summed E-state index contributed by atoms with van der Waals surface area (Å²) >= 11 is 5.14. The number of carbonyl (C=O) groups is 3. The van der Waals surface area contributed by atoms with Gasteiger partial charge in [0.05, 0.1) is 18.1 Å². The number of nitrogens with one attached hydrogen (secondary N) is 1. The fourth-order valence-corrected chi connectivity index (χ4v) is 7.86. The molecule has 17 heteroatoms. The fraction of sp³-hybridized carbons (Fsp3) is 0.333. The minimum atomic E-state index is -1.47. The molecule has 2 aliphatic rings. The van der Waals surface area contributed by atoms with Crippen molar-refractivity contribution >= 4 is 75.9 Å². The van der Waals surface area contributed by atoms with Crippen molar-refractivity contribution in [1.29, 1.82) is 0 Å². The number of amides is 2. The number of carbonyl (C=O) groups excluding carboxylic acids is 2. The van der Waals surface area contributed by atoms with Crippen molar-refractivity contribution < 1.29 is 19.5 Å². The number of aliphatic carboxylic acids is 1. The van der Waals surface area contributed by atoms with E-state index in [2.05, 4.69) is 25.5 Å². The van der Waals surface area contributed by atoms with Gasteiger partial charge in [0, 0.05) is 44.0 Å². The Morgan fingerprint density at radius 3 is 2.87 bits per heavy atom. The number of aliphatic imine (C=N–C) groups is 1. The molecule has 0 saturated carbocycles. The lowest BCUT2D eigenvalue weighted by atomic mass is 10.0. The second-order valence-electron chi connectivity index (χ2n) is 7.97. The first-order valence-corrected chi connectivity index (χ1v) is 14.7. The number of nitrogen functional groups attached to an aromatic ring is 1. The van der Waals surface area contributed by atoms with Crippen LogP contribution >= 0.6 is 46.6 Å². The number of carboxylic acid groups (broad SMARTS) is 1. The van der Waals surface area contributed by atoms with Gasteiger partial charge in [0.1, 0.15) is 17.1 Å². The maximum atomic E-state index is 13.0. The van der Waals surface area contributed by atoms with Crippen LogP contribution in [0, 0.1) is 4.91 Å². The van der Waals surface area contributed by atoms with E-state index in [1.54, 1.807) is 18.5 Å². The van der Waals surface area contributed by atoms with E-state index in [9.17, 15) is 24.4 Å². The number of thiazole rings is 1. The van der Waals surface area contributed by atoms with E-state index < -0.39 is 35.2 Å². The molecule has 2 unspecified atom stereocenters. The minimum Gasteiger partial charge on any atom is -0.477 e. The van der Waals surface area contributed by atoms with Gasteiger partial charge in [-0.05, 0) is 18.2 Å². The predicted molar refractivity (Wildman–Crippen MR) is 148 cm³/mol. The number of fused-ring (bicyclic) bond motifs is 1. The van der Waals surface area contributed by atoms with Crippen LogP contribution in [-0.2, 0) is 14.4 Å². The van der Waals surface area contributed by atoms with Gasteiger partial charge in [-0.1, -0.05) is 11.8 Å². The third-order valence-electron chi connectivity index (χ3n) is 5.41. The molecule has 2 aromatic rings. The first-order chi connectivity index (χ1) is 18.2. The van der Waals surface area contributed by atoms with E-state index in [4.69, 9.17) is 11.5 Å². The molecule has 0 aliphatic carbocycles. The van der Waals surface area contributed by atoms with Crippen LogP contribution in [0.15, 0.2) is 54.4 Å². The number of rotatable bonds is 11. The Kier molecular flexibility index (Phi) is 8.91. The van der Waals surface area contributed by atoms with Crippen LogP contribution in [0.25, 0.3) is 0 Å². The van der Waals surface area contributed by atoms with E-state index in [0.717, 1.165) is 21.1 Å². The SMILES string of the molecule is CC(CSc1cnccc1SC1=C(C(=O)O)N2C(=O)[C@@H](NC(=O)C(N=O)c3csc(N)n3)[C@@H]2SC1)N=CN. The quantitative estimate of drug-likeness (QED) is 0.0967. The minimum absolute atomic E-state index is 0.0180. The van der Waals surface area contributed by atoms with E-state index in [1.165, 1.54) is 51.9 Å². The third-order valence-corrected chi connectivity index (χ3v) is 10.1. The number of anilines is 1. The average molecular weight is 595 g/mol. The molecule has 2 aromatic heterocycles. The lowest BCUT2D eigenvalue weighted by Crippen LogP contribution is -2.70. The highest BCUT2D eigenvalue weighted by molar-refractivity contribution is 8.07. The topological polar surface area (TPSA) is 206 Å². The molecule has 0 radical (unpaired) electrons. The van der Waals surface area contributed by atoms with Crippen molar-refractivity contribution in [2.24, 2.45) is 15.9 Å². The summed E-state index contributed by atoms with van der Waals surface area (Å²) < 4.78 is 0. The van der Waals surface area contributed by atoms with Crippen molar-refractivity contribution in [3.63, 3.8) is 0 Å². The summed E-state index contributed by atoms with van der Waals surface area (Å²) in [7, 11) is 0. The molecule has 0 aromatic carbocycles. The number of β-lactam (4-membered cyclic amide) rings is 1. The van der Waals surface area contributed by atoms with Gasteiger partial charge in [-0.25, -0.2) is 9.78 Å². The van der Waals surface area contributed by atoms with Gasteiger partial charge < -0.3 is 21.9 Å². The molecule has 1 fully saturated rings. The second-order valence-corrected chi connectivity index (χ2v) is 12.2. The van der Waals surface area contributed by atoms with Gasteiger partial charge in [-0.2, -0.15) is 0 Å². The van der Waals surface area contributed by atoms with E-state index in [1.807, 2.05) is 6.92 Å². The zero-order chi connectivity index (χ0) is 27.4. The number of nitrogens with zero attached hydrogens (tertiary/aromatic N) is 5. The van der Waals surface area contributed by atoms with Crippen molar-refractivity contribution in [3.8, 4) is 0 Å². The second kappa shape index (κ2) is 12.1. The Morgan fingerprint density at radius 2 is 2.21 bits per heavy atom. The van der Waals surface area contributed by atoms with Crippen molar-refractivity contribution in [3.05, 3.63) is 45.0 Å². The zero-order valence-electron chi connectivity index (χ0n) is 19.7. The van der Waals surface area contributed by atoms with Crippen LogP contribution in [0.4, 0.5) is 5.13 Å². The summed E-state index contributed by atoms with van der Waals surface area (Å²) in [6.07, 6.45) is 4.56. The number of thioether (sulfide) groups is 3. The van der Waals surface area contributed by atoms with Crippen molar-refractivity contribution in [1.82, 2.24) is 20.2 Å². The molecule has 13 nitrogen and oxygen atoms in total. The molecular weight excluding hydrogens is 573 g/mol. The molecule has 4 atom stereocenters. The van der Waals surface area contributed by atoms with Gasteiger partial charge >= 0.3 is 5.97 Å². The summed E-state index contributed by atoms with van der Waals surface area (Å²) in [4.78, 5) is 64.8. The number of nitrogens with two attached hydrogens (primary N) is 2. The van der Waals surface area contributed by atoms with E-state index in [0.29, 0.717) is 16.4 Å². The number of carboxylic acids is 1. The van der Waals surface area contributed by atoms with Crippen LogP contribution in [0.2, 0.25) is 0 Å². The molecular formula is C21H22N8O5S4. The van der Waals surface area contributed by atoms with E-state index >= 15 is 0 Å². The molecule has 200 valence electrons. The van der Waals surface area contributed by atoms with E-state index in [-0.39, 0.29) is 22.6 Å². The molecule has 2 aliphatic heterocycles. The van der Waals surface area contributed by atoms with Crippen LogP contribution in [-0.4, -0.2) is 73.1 Å². The number of nitroso groups, excluding NO2 is 1. The van der Waals surface area contributed by atoms with Crippen molar-refractivity contribution in [2.45, 2.75) is 40.2 Å². The molecule has 0 bridgehead atoms. The van der Waals surface area contributed by atoms with Crippen LogP contribution in [0.5, 0.6) is 0 Å². The molecule has 6 N–H and O–H groups in total. The maximum absolute atomic E-state index is 13.0. The molecule has 4 rings (SSSR count). The van der Waals surface area contributed by atoms with Crippen LogP contribution in [0.1, 0.15) is 18.7 Å². The maximum Gasteiger partial charge on any atom is 0.353 e. The molecule has 38 heavy (non-hydrogen) atoms. The zero-order valence-corrected chi connectivity index (χ0v) is 23.0.